The van der Waals surface area contributed by atoms with Gasteiger partial charge in [0.15, 0.2) is 5.50 Å². The molecule has 3 aromatic carbocycles. The number of carbonyl (C=O) groups excluding carboxylic acids is 1. The monoisotopic (exact) mass is 582 g/mol. The number of thioether (sulfide) groups is 1. The first kappa shape index (κ1) is 27.7. The van der Waals surface area contributed by atoms with Crippen molar-refractivity contribution in [3.8, 4) is 17.2 Å². The second-order valence-electron chi connectivity index (χ2n) is 11.3. The number of benzene rings is 3. The van der Waals surface area contributed by atoms with Gasteiger partial charge in [0.25, 0.3) is 0 Å². The number of para-hydroxylation sites is 2. The zero-order chi connectivity index (χ0) is 29.4. The largest absolute Gasteiger partial charge is 0.457 e. The predicted octanol–water partition coefficient (Wildman–Crippen LogP) is 6.61. The molecule has 9 nitrogen and oxygen atoms in total. The van der Waals surface area contributed by atoms with Gasteiger partial charge in [0.2, 0.25) is 0 Å². The van der Waals surface area contributed by atoms with E-state index in [1.54, 1.807) is 16.4 Å². The smallest absolute Gasteiger partial charge is 0.320 e. The molecule has 0 saturated carbocycles. The molecule has 1 aromatic heterocycles. The van der Waals surface area contributed by atoms with E-state index in [4.69, 9.17) is 9.84 Å². The van der Waals surface area contributed by atoms with E-state index in [1.165, 1.54) is 0 Å². The van der Waals surface area contributed by atoms with Crippen LogP contribution in [0.3, 0.4) is 0 Å². The number of hydrogen-bond donors (Lipinski definition) is 3. The molecular formula is C32H34N6O3S. The van der Waals surface area contributed by atoms with Crippen molar-refractivity contribution in [1.29, 1.82) is 0 Å². The highest BCUT2D eigenvalue weighted by atomic mass is 32.2. The SMILES string of the molecule is CC1=CN2c3cc(Oc4ccccc4CNC(=O)Nc4cc(C(C)(C)C)nn4-c4ccccc4)ccc3SC2N1CO. The van der Waals surface area contributed by atoms with E-state index in [2.05, 4.69) is 36.3 Å². The van der Waals surface area contributed by atoms with Crippen LogP contribution in [0.2, 0.25) is 0 Å². The van der Waals surface area contributed by atoms with Crippen LogP contribution in [0.15, 0.2) is 95.7 Å². The molecule has 2 amide bonds. The highest BCUT2D eigenvalue weighted by Crippen LogP contribution is 2.50. The molecule has 1 atom stereocenters. The standard InChI is InChI=1S/C32H34N6O3S/c1-21-19-36-25-16-24(14-15-27(25)42-31(36)37(21)20-39)41-26-13-9-8-10-22(26)18-33-30(40)34-29-17-28(32(2,3)4)35-38(29)23-11-6-5-7-12-23/h5-17,19,31,39H,18,20H2,1-4H3,(H2,33,34,40). The van der Waals surface area contributed by atoms with Gasteiger partial charge in [-0.15, -0.1) is 0 Å². The van der Waals surface area contributed by atoms with Crippen molar-refractivity contribution in [3.63, 3.8) is 0 Å². The summed E-state index contributed by atoms with van der Waals surface area (Å²) in [4.78, 5) is 18.3. The molecule has 0 spiro atoms. The number of aliphatic hydroxyl groups is 1. The lowest BCUT2D eigenvalue weighted by Crippen LogP contribution is -2.34. The molecule has 0 radical (unpaired) electrons. The Morgan fingerprint density at radius 2 is 1.81 bits per heavy atom. The van der Waals surface area contributed by atoms with Gasteiger partial charge in [-0.1, -0.05) is 68.9 Å². The van der Waals surface area contributed by atoms with Gasteiger partial charge in [0.1, 0.15) is 24.0 Å². The molecule has 216 valence electrons. The zero-order valence-corrected chi connectivity index (χ0v) is 24.9. The Kier molecular flexibility index (Phi) is 7.34. The first-order valence-electron chi connectivity index (χ1n) is 13.8. The summed E-state index contributed by atoms with van der Waals surface area (Å²) >= 11 is 1.70. The molecule has 3 N–H and O–H groups in total. The fraction of sp³-hybridized carbons (Fsp3) is 0.250. The summed E-state index contributed by atoms with van der Waals surface area (Å²) in [6, 6.07) is 25.0. The third-order valence-electron chi connectivity index (χ3n) is 7.24. The number of nitrogens with zero attached hydrogens (tertiary/aromatic N) is 4. The van der Waals surface area contributed by atoms with Crippen molar-refractivity contribution < 1.29 is 14.6 Å². The number of allylic oxidation sites excluding steroid dienone is 1. The third-order valence-corrected chi connectivity index (χ3v) is 8.53. The van der Waals surface area contributed by atoms with Gasteiger partial charge in [-0.2, -0.15) is 5.10 Å². The van der Waals surface area contributed by atoms with Crippen molar-refractivity contribution in [2.45, 2.75) is 50.0 Å². The number of anilines is 2. The summed E-state index contributed by atoms with van der Waals surface area (Å²) in [5.41, 5.74) is 4.47. The van der Waals surface area contributed by atoms with Crippen LogP contribution >= 0.6 is 11.8 Å². The molecule has 4 aromatic rings. The lowest BCUT2D eigenvalue weighted by molar-refractivity contribution is 0.141. The van der Waals surface area contributed by atoms with Gasteiger partial charge < -0.3 is 25.0 Å². The average Bonchev–Trinajstić information content (AvgIpc) is 3.64. The summed E-state index contributed by atoms with van der Waals surface area (Å²) < 4.78 is 8.08. The van der Waals surface area contributed by atoms with Crippen LogP contribution < -0.4 is 20.3 Å². The molecule has 2 aliphatic heterocycles. The second-order valence-corrected chi connectivity index (χ2v) is 12.4. The molecule has 0 aliphatic carbocycles. The topological polar surface area (TPSA) is 94.9 Å². The minimum absolute atomic E-state index is 0.00734. The van der Waals surface area contributed by atoms with Crippen molar-refractivity contribution in [2.75, 3.05) is 16.9 Å². The Bertz CT molecular complexity index is 1650. The van der Waals surface area contributed by atoms with Crippen LogP contribution in [-0.2, 0) is 12.0 Å². The van der Waals surface area contributed by atoms with Gasteiger partial charge in [0.05, 0.1) is 17.1 Å². The van der Waals surface area contributed by atoms with E-state index < -0.39 is 0 Å². The Morgan fingerprint density at radius 3 is 2.57 bits per heavy atom. The van der Waals surface area contributed by atoms with Gasteiger partial charge in [-0.25, -0.2) is 9.48 Å². The number of aromatic nitrogens is 2. The number of carbonyl (C=O) groups is 1. The Labute approximate surface area is 249 Å². The number of ether oxygens (including phenoxy) is 1. The van der Waals surface area contributed by atoms with Crippen LogP contribution in [0, 0.1) is 0 Å². The molecule has 2 aliphatic rings. The summed E-state index contributed by atoms with van der Waals surface area (Å²) in [5.74, 6) is 1.95. The first-order valence-corrected chi connectivity index (χ1v) is 14.7. The summed E-state index contributed by atoms with van der Waals surface area (Å²) in [7, 11) is 0. The number of nitrogens with one attached hydrogen (secondary N) is 2. The minimum Gasteiger partial charge on any atom is -0.457 e. The summed E-state index contributed by atoms with van der Waals surface area (Å²) in [6.07, 6.45) is 2.05. The highest BCUT2D eigenvalue weighted by molar-refractivity contribution is 8.00. The van der Waals surface area contributed by atoms with Crippen molar-refractivity contribution in [2.24, 2.45) is 0 Å². The Morgan fingerprint density at radius 1 is 1.05 bits per heavy atom. The molecule has 0 bridgehead atoms. The Balaban J connectivity index is 1.16. The van der Waals surface area contributed by atoms with Gasteiger partial charge in [-0.05, 0) is 37.3 Å². The highest BCUT2D eigenvalue weighted by Gasteiger charge is 2.38. The Hall–Kier alpha value is -4.41. The molecule has 0 saturated heterocycles. The molecular weight excluding hydrogens is 548 g/mol. The van der Waals surface area contributed by atoms with E-state index in [-0.39, 0.29) is 30.2 Å². The van der Waals surface area contributed by atoms with Crippen molar-refractivity contribution in [3.05, 3.63) is 102 Å². The number of rotatable bonds is 7. The van der Waals surface area contributed by atoms with E-state index in [0.717, 1.165) is 33.2 Å². The maximum atomic E-state index is 13.1. The number of fused-ring (bicyclic) bond motifs is 3. The van der Waals surface area contributed by atoms with Gasteiger partial charge in [0, 0.05) is 46.4 Å². The average molecular weight is 583 g/mol. The molecule has 10 heteroatoms. The fourth-order valence-corrected chi connectivity index (χ4v) is 6.25. The summed E-state index contributed by atoms with van der Waals surface area (Å²) in [6.45, 7) is 8.51. The maximum absolute atomic E-state index is 13.1. The van der Waals surface area contributed by atoms with E-state index >= 15 is 0 Å². The molecule has 6 rings (SSSR count). The van der Waals surface area contributed by atoms with Crippen LogP contribution in [0.5, 0.6) is 11.5 Å². The number of amides is 2. The van der Waals surface area contributed by atoms with Crippen LogP contribution in [0.1, 0.15) is 39.0 Å². The molecule has 3 heterocycles. The quantitative estimate of drug-likeness (QED) is 0.226. The third kappa shape index (κ3) is 5.43. The van der Waals surface area contributed by atoms with E-state index in [9.17, 15) is 9.90 Å². The number of hydrogen-bond acceptors (Lipinski definition) is 7. The van der Waals surface area contributed by atoms with Gasteiger partial charge >= 0.3 is 6.03 Å². The lowest BCUT2D eigenvalue weighted by Gasteiger charge is -2.25. The van der Waals surface area contributed by atoms with E-state index in [0.29, 0.717) is 17.3 Å². The zero-order valence-electron chi connectivity index (χ0n) is 24.0. The lowest BCUT2D eigenvalue weighted by atomic mass is 9.92. The fourth-order valence-electron chi connectivity index (χ4n) is 4.94. The van der Waals surface area contributed by atoms with Crippen LogP contribution in [0.4, 0.5) is 16.3 Å². The maximum Gasteiger partial charge on any atom is 0.320 e. The van der Waals surface area contributed by atoms with Crippen LogP contribution in [0.25, 0.3) is 5.69 Å². The van der Waals surface area contributed by atoms with Gasteiger partial charge in [-0.3, -0.25) is 5.32 Å². The molecule has 42 heavy (non-hydrogen) atoms. The van der Waals surface area contributed by atoms with Crippen molar-refractivity contribution in [1.82, 2.24) is 20.0 Å². The van der Waals surface area contributed by atoms with Crippen molar-refractivity contribution >= 4 is 29.3 Å². The minimum atomic E-state index is -0.340. The molecule has 0 fully saturated rings. The molecule has 1 unspecified atom stereocenters. The number of urea groups is 1. The second kappa shape index (κ2) is 11.1. The van der Waals surface area contributed by atoms with Crippen LogP contribution in [-0.4, -0.2) is 38.0 Å². The number of aliphatic hydroxyl groups excluding tert-OH is 1. The predicted molar refractivity (Wildman–Crippen MR) is 166 cm³/mol. The normalized spacial score (nSPS) is 15.7. The first-order chi connectivity index (χ1) is 20.2. The van der Waals surface area contributed by atoms with E-state index in [1.807, 2.05) is 96.9 Å². The summed E-state index contributed by atoms with van der Waals surface area (Å²) in [5, 5.41) is 20.5.